The molecule has 3 nitrogen and oxygen atoms in total. The van der Waals surface area contributed by atoms with Gasteiger partial charge in [-0.1, -0.05) is 26.7 Å². The molecule has 3 unspecified atom stereocenters. The molecule has 0 spiro atoms. The van der Waals surface area contributed by atoms with Crippen LogP contribution in [0.4, 0.5) is 0 Å². The number of hydrogen-bond donors (Lipinski definition) is 1. The van der Waals surface area contributed by atoms with Crippen molar-refractivity contribution < 1.29 is 9.53 Å². The number of piperidine rings is 1. The van der Waals surface area contributed by atoms with Gasteiger partial charge in [0.1, 0.15) is 0 Å². The minimum Gasteiger partial charge on any atom is -0.469 e. The summed E-state index contributed by atoms with van der Waals surface area (Å²) in [5.41, 5.74) is 0. The number of nitrogens with zero attached hydrogens (tertiary/aromatic N) is 1. The molecule has 0 amide bonds. The van der Waals surface area contributed by atoms with Crippen LogP contribution in [0.25, 0.3) is 0 Å². The van der Waals surface area contributed by atoms with E-state index in [-0.39, 0.29) is 5.97 Å². The first kappa shape index (κ1) is 12.8. The summed E-state index contributed by atoms with van der Waals surface area (Å²) in [5, 5.41) is 0. The first-order valence-electron chi connectivity index (χ1n) is 5.55. The summed E-state index contributed by atoms with van der Waals surface area (Å²) in [4.78, 5) is 11.2. The number of carbonyl (C=O) groups excluding carboxylic acids is 1. The van der Waals surface area contributed by atoms with Gasteiger partial charge in [0.25, 0.3) is 0 Å². The van der Waals surface area contributed by atoms with E-state index in [1.54, 1.807) is 0 Å². The molecule has 0 aromatic rings. The summed E-state index contributed by atoms with van der Waals surface area (Å²) in [7, 11) is 1.45. The maximum atomic E-state index is 11.2. The first-order valence-corrected chi connectivity index (χ1v) is 5.95. The highest BCUT2D eigenvalue weighted by Crippen LogP contribution is 2.32. The SMILES string of the molecule is COC(=O)CC(C)C1CCN(S)CC1C. The highest BCUT2D eigenvalue weighted by atomic mass is 32.1. The molecular weight excluding hydrogens is 210 g/mol. The molecule has 1 rings (SSSR count). The summed E-state index contributed by atoms with van der Waals surface area (Å²) >= 11 is 4.36. The summed E-state index contributed by atoms with van der Waals surface area (Å²) in [6.07, 6.45) is 1.67. The number of hydrogen-bond acceptors (Lipinski definition) is 4. The Morgan fingerprint density at radius 3 is 2.87 bits per heavy atom. The van der Waals surface area contributed by atoms with Crippen molar-refractivity contribution in [2.45, 2.75) is 26.7 Å². The zero-order valence-corrected chi connectivity index (χ0v) is 10.7. The van der Waals surface area contributed by atoms with Crippen LogP contribution in [0.1, 0.15) is 26.7 Å². The Balaban J connectivity index is 2.45. The van der Waals surface area contributed by atoms with E-state index >= 15 is 0 Å². The Bertz CT molecular complexity index is 223. The molecule has 3 atom stereocenters. The van der Waals surface area contributed by atoms with E-state index in [1.165, 1.54) is 7.11 Å². The lowest BCUT2D eigenvalue weighted by atomic mass is 9.77. The van der Waals surface area contributed by atoms with Crippen LogP contribution >= 0.6 is 12.8 Å². The molecular formula is C11H21NO2S. The van der Waals surface area contributed by atoms with Gasteiger partial charge >= 0.3 is 5.97 Å². The van der Waals surface area contributed by atoms with Gasteiger partial charge in [-0.3, -0.25) is 9.10 Å². The Labute approximate surface area is 97.7 Å². The van der Waals surface area contributed by atoms with Crippen LogP contribution in [-0.2, 0) is 9.53 Å². The fraction of sp³-hybridized carbons (Fsp3) is 0.909. The standard InChI is InChI=1S/C11H21NO2S/c1-8(6-11(13)14-3)10-4-5-12(15)7-9(10)2/h8-10,15H,4-7H2,1-3H3. The molecule has 0 N–H and O–H groups in total. The normalized spacial score (nSPS) is 29.9. The van der Waals surface area contributed by atoms with Crippen LogP contribution in [0.3, 0.4) is 0 Å². The molecule has 0 bridgehead atoms. The zero-order valence-electron chi connectivity index (χ0n) is 9.77. The average Bonchev–Trinajstić information content (AvgIpc) is 2.17. The lowest BCUT2D eigenvalue weighted by Gasteiger charge is -2.37. The number of ether oxygens (including phenoxy) is 1. The van der Waals surface area contributed by atoms with Crippen molar-refractivity contribution in [1.29, 1.82) is 0 Å². The predicted molar refractivity (Wildman–Crippen MR) is 63.6 cm³/mol. The summed E-state index contributed by atoms with van der Waals surface area (Å²) < 4.78 is 6.77. The molecule has 1 aliphatic heterocycles. The molecule has 1 heterocycles. The second-order valence-corrected chi connectivity index (χ2v) is 5.17. The Hall–Kier alpha value is -0.220. The van der Waals surface area contributed by atoms with Gasteiger partial charge in [0.15, 0.2) is 0 Å². The van der Waals surface area contributed by atoms with Crippen molar-refractivity contribution in [2.24, 2.45) is 17.8 Å². The van der Waals surface area contributed by atoms with E-state index in [9.17, 15) is 4.79 Å². The van der Waals surface area contributed by atoms with Gasteiger partial charge in [-0.2, -0.15) is 0 Å². The van der Waals surface area contributed by atoms with Crippen molar-refractivity contribution in [3.8, 4) is 0 Å². The Morgan fingerprint density at radius 1 is 1.67 bits per heavy atom. The molecule has 0 radical (unpaired) electrons. The van der Waals surface area contributed by atoms with E-state index in [4.69, 9.17) is 4.74 Å². The summed E-state index contributed by atoms with van der Waals surface area (Å²) in [6, 6.07) is 0. The minimum absolute atomic E-state index is 0.0944. The molecule has 15 heavy (non-hydrogen) atoms. The van der Waals surface area contributed by atoms with E-state index in [0.29, 0.717) is 24.2 Å². The number of thiol groups is 1. The number of methoxy groups -OCH3 is 1. The number of carbonyl (C=O) groups is 1. The Morgan fingerprint density at radius 2 is 2.33 bits per heavy atom. The molecule has 0 saturated carbocycles. The van der Waals surface area contributed by atoms with Crippen molar-refractivity contribution in [3.05, 3.63) is 0 Å². The van der Waals surface area contributed by atoms with Gasteiger partial charge in [0.05, 0.1) is 7.11 Å². The molecule has 1 aliphatic rings. The van der Waals surface area contributed by atoms with Crippen LogP contribution in [0.5, 0.6) is 0 Å². The van der Waals surface area contributed by atoms with Crippen molar-refractivity contribution in [2.75, 3.05) is 20.2 Å². The maximum absolute atomic E-state index is 11.2. The summed E-state index contributed by atoms with van der Waals surface area (Å²) in [5.74, 6) is 1.54. The molecule has 0 aromatic heterocycles. The molecule has 1 fully saturated rings. The van der Waals surface area contributed by atoms with Crippen LogP contribution in [0, 0.1) is 17.8 Å². The third-order valence-corrected chi connectivity index (χ3v) is 3.76. The largest absolute Gasteiger partial charge is 0.469 e. The van der Waals surface area contributed by atoms with Gasteiger partial charge in [-0.15, -0.1) is 0 Å². The quantitative estimate of drug-likeness (QED) is 0.595. The van der Waals surface area contributed by atoms with Crippen LogP contribution in [0.15, 0.2) is 0 Å². The maximum Gasteiger partial charge on any atom is 0.305 e. The zero-order chi connectivity index (χ0) is 11.4. The van der Waals surface area contributed by atoms with Crippen molar-refractivity contribution in [3.63, 3.8) is 0 Å². The van der Waals surface area contributed by atoms with E-state index in [2.05, 4.69) is 31.0 Å². The Kier molecular flexibility index (Phi) is 4.93. The van der Waals surface area contributed by atoms with Crippen LogP contribution < -0.4 is 0 Å². The van der Waals surface area contributed by atoms with Crippen molar-refractivity contribution in [1.82, 2.24) is 4.31 Å². The van der Waals surface area contributed by atoms with Crippen LogP contribution in [0.2, 0.25) is 0 Å². The van der Waals surface area contributed by atoms with E-state index < -0.39 is 0 Å². The minimum atomic E-state index is -0.0944. The first-order chi connectivity index (χ1) is 7.04. The van der Waals surface area contributed by atoms with Gasteiger partial charge in [-0.25, -0.2) is 0 Å². The van der Waals surface area contributed by atoms with Gasteiger partial charge in [0, 0.05) is 19.5 Å². The third kappa shape index (κ3) is 3.68. The summed E-state index contributed by atoms with van der Waals surface area (Å²) in [6.45, 7) is 6.41. The monoisotopic (exact) mass is 231 g/mol. The highest BCUT2D eigenvalue weighted by Gasteiger charge is 2.30. The predicted octanol–water partition coefficient (Wildman–Crippen LogP) is 1.99. The van der Waals surface area contributed by atoms with E-state index in [0.717, 1.165) is 19.5 Å². The van der Waals surface area contributed by atoms with Gasteiger partial charge in [-0.05, 0) is 24.2 Å². The molecule has 1 saturated heterocycles. The smallest absolute Gasteiger partial charge is 0.305 e. The molecule has 88 valence electrons. The van der Waals surface area contributed by atoms with E-state index in [1.807, 2.05) is 0 Å². The lowest BCUT2D eigenvalue weighted by molar-refractivity contribution is -0.142. The second-order valence-electron chi connectivity index (χ2n) is 4.60. The highest BCUT2D eigenvalue weighted by molar-refractivity contribution is 7.77. The fourth-order valence-corrected chi connectivity index (χ4v) is 2.86. The van der Waals surface area contributed by atoms with Gasteiger partial charge < -0.3 is 4.74 Å². The number of esters is 1. The second kappa shape index (κ2) is 5.75. The molecule has 0 aromatic carbocycles. The molecule has 4 heteroatoms. The lowest BCUT2D eigenvalue weighted by Crippen LogP contribution is -2.37. The fourth-order valence-electron chi connectivity index (χ4n) is 2.48. The number of rotatable bonds is 3. The van der Waals surface area contributed by atoms with Crippen molar-refractivity contribution >= 4 is 18.8 Å². The third-order valence-electron chi connectivity index (χ3n) is 3.40. The van der Waals surface area contributed by atoms with Gasteiger partial charge in [0.2, 0.25) is 0 Å². The molecule has 0 aliphatic carbocycles. The van der Waals surface area contributed by atoms with Crippen LogP contribution in [-0.4, -0.2) is 30.5 Å². The topological polar surface area (TPSA) is 29.5 Å². The average molecular weight is 231 g/mol.